The van der Waals surface area contributed by atoms with Gasteiger partial charge in [0.1, 0.15) is 12.1 Å². The molecular formula is C31H41N5O3S. The zero-order valence-corrected chi connectivity index (χ0v) is 25.1. The Labute approximate surface area is 241 Å². The first-order chi connectivity index (χ1) is 18.9. The molecule has 8 nitrogen and oxygen atoms in total. The average molecular weight is 564 g/mol. The van der Waals surface area contributed by atoms with Gasteiger partial charge in [-0.1, -0.05) is 54.6 Å². The molecule has 3 N–H and O–H groups in total. The Kier molecular flexibility index (Phi) is 10.6. The second-order valence-corrected chi connectivity index (χ2v) is 12.1. The van der Waals surface area contributed by atoms with E-state index in [1.807, 2.05) is 73.8 Å². The van der Waals surface area contributed by atoms with E-state index in [0.717, 1.165) is 21.2 Å². The van der Waals surface area contributed by atoms with Crippen molar-refractivity contribution in [3.63, 3.8) is 0 Å². The van der Waals surface area contributed by atoms with Crippen LogP contribution in [-0.4, -0.2) is 78.3 Å². The van der Waals surface area contributed by atoms with Gasteiger partial charge < -0.3 is 15.5 Å². The quantitative estimate of drug-likeness (QED) is 0.259. The number of amides is 3. The topological polar surface area (TPSA) is 99.0 Å². The molecule has 0 aliphatic heterocycles. The molecule has 0 aliphatic carbocycles. The normalized spacial score (nSPS) is 13.4. The van der Waals surface area contributed by atoms with Crippen molar-refractivity contribution in [3.05, 3.63) is 82.6 Å². The summed E-state index contributed by atoms with van der Waals surface area (Å²) in [7, 11) is 6.72. The Hall–Kier alpha value is -3.53. The van der Waals surface area contributed by atoms with E-state index in [-0.39, 0.29) is 17.7 Å². The third kappa shape index (κ3) is 8.74. The Morgan fingerprint density at radius 1 is 0.925 bits per heavy atom. The number of nitrogens with zero attached hydrogens (tertiary/aromatic N) is 3. The highest BCUT2D eigenvalue weighted by Crippen LogP contribution is 2.21. The lowest BCUT2D eigenvalue weighted by molar-refractivity contribution is -0.147. The molecule has 0 aliphatic rings. The first-order valence-corrected chi connectivity index (χ1v) is 14.2. The van der Waals surface area contributed by atoms with Crippen LogP contribution in [0.1, 0.15) is 30.7 Å². The molecule has 1 heterocycles. The Morgan fingerprint density at radius 2 is 1.62 bits per heavy atom. The molecule has 2 aromatic carbocycles. The summed E-state index contributed by atoms with van der Waals surface area (Å²) in [6, 6.07) is 16.3. The van der Waals surface area contributed by atoms with Crippen LogP contribution in [0.2, 0.25) is 0 Å². The summed E-state index contributed by atoms with van der Waals surface area (Å²) in [5.74, 6) is -0.908. The lowest BCUT2D eigenvalue weighted by Crippen LogP contribution is -2.57. The number of fused-ring (bicyclic) bond motifs is 1. The molecule has 0 unspecified atom stereocenters. The monoisotopic (exact) mass is 563 g/mol. The first-order valence-electron chi connectivity index (χ1n) is 13.3. The summed E-state index contributed by atoms with van der Waals surface area (Å²) in [4.78, 5) is 44.6. The molecule has 3 amide bonds. The fraction of sp³-hybridized carbons (Fsp3) is 0.387. The van der Waals surface area contributed by atoms with Gasteiger partial charge in [0.05, 0.1) is 0 Å². The summed E-state index contributed by atoms with van der Waals surface area (Å²) in [5.41, 5.74) is 9.33. The fourth-order valence-corrected chi connectivity index (χ4v) is 5.17. The van der Waals surface area contributed by atoms with Crippen molar-refractivity contribution in [3.8, 4) is 0 Å². The molecule has 1 aromatic heterocycles. The van der Waals surface area contributed by atoms with Gasteiger partial charge in [-0.3, -0.25) is 19.8 Å². The Bertz CT molecular complexity index is 1330. The highest BCUT2D eigenvalue weighted by molar-refractivity contribution is 7.09. The Balaban J connectivity index is 1.94. The maximum absolute atomic E-state index is 14.1. The molecule has 2 atom stereocenters. The molecule has 0 fully saturated rings. The van der Waals surface area contributed by atoms with Gasteiger partial charge in [-0.05, 0) is 54.1 Å². The highest BCUT2D eigenvalue weighted by Gasteiger charge is 2.35. The molecule has 3 rings (SSSR count). The van der Waals surface area contributed by atoms with Gasteiger partial charge in [0.25, 0.3) is 5.91 Å². The van der Waals surface area contributed by atoms with Crippen LogP contribution in [0.4, 0.5) is 0 Å². The third-order valence-electron chi connectivity index (χ3n) is 6.67. The summed E-state index contributed by atoms with van der Waals surface area (Å²) < 4.78 is 0. The van der Waals surface area contributed by atoms with Crippen molar-refractivity contribution in [1.29, 1.82) is 0 Å². The number of likely N-dealkylation sites (N-methyl/N-ethyl adjacent to an activating group) is 2. The van der Waals surface area contributed by atoms with Gasteiger partial charge in [0.15, 0.2) is 0 Å². The standard InChI is InChI=1S/C31H41N5O3S/c1-31(2,32)17-9-14-28(37)35(5)27(20-22-15-16-23-11-7-8-12-24(23)19-22)30(39)36(6)26(29(38)33-34(3)4)21-25-13-10-18-40-25/h7-16,18-19,26-27H,17,20-21,32H2,1-6H3,(H,33,38)/b14-9+/t26-,27-/m1/s1. The van der Waals surface area contributed by atoms with Gasteiger partial charge in [-0.15, -0.1) is 11.3 Å². The van der Waals surface area contributed by atoms with E-state index in [0.29, 0.717) is 19.3 Å². The van der Waals surface area contributed by atoms with Crippen molar-refractivity contribution in [2.45, 2.75) is 50.7 Å². The number of rotatable bonds is 12. The van der Waals surface area contributed by atoms with E-state index in [2.05, 4.69) is 5.43 Å². The van der Waals surface area contributed by atoms with Crippen molar-refractivity contribution < 1.29 is 14.4 Å². The summed E-state index contributed by atoms with van der Waals surface area (Å²) >= 11 is 1.54. The number of nitrogens with one attached hydrogen (secondary N) is 1. The van der Waals surface area contributed by atoms with E-state index in [9.17, 15) is 14.4 Å². The number of hydrogen-bond acceptors (Lipinski definition) is 6. The smallest absolute Gasteiger partial charge is 0.257 e. The number of hydrazine groups is 1. The number of benzene rings is 2. The van der Waals surface area contributed by atoms with Gasteiger partial charge in [-0.25, -0.2) is 5.01 Å². The average Bonchev–Trinajstić information content (AvgIpc) is 3.41. The van der Waals surface area contributed by atoms with E-state index >= 15 is 0 Å². The number of nitrogens with two attached hydrogens (primary N) is 1. The molecule has 3 aromatic rings. The van der Waals surface area contributed by atoms with Crippen LogP contribution in [0.25, 0.3) is 10.8 Å². The SMILES string of the molecule is CN(C)NC(=O)[C@@H](Cc1cccs1)N(C)C(=O)[C@@H](Cc1ccc2ccccc2c1)N(C)C(=O)/C=C/CC(C)(C)N. The minimum Gasteiger partial charge on any atom is -0.332 e. The van der Waals surface area contributed by atoms with Crippen LogP contribution in [-0.2, 0) is 27.2 Å². The van der Waals surface area contributed by atoms with Crippen LogP contribution in [0.15, 0.2) is 72.1 Å². The predicted molar refractivity (Wildman–Crippen MR) is 163 cm³/mol. The Morgan fingerprint density at radius 3 is 2.25 bits per heavy atom. The third-order valence-corrected chi connectivity index (χ3v) is 7.57. The fourth-order valence-electron chi connectivity index (χ4n) is 4.42. The van der Waals surface area contributed by atoms with Crippen LogP contribution in [0.3, 0.4) is 0 Å². The van der Waals surface area contributed by atoms with Crippen molar-refractivity contribution in [2.75, 3.05) is 28.2 Å². The van der Waals surface area contributed by atoms with Crippen molar-refractivity contribution >= 4 is 39.8 Å². The summed E-state index contributed by atoms with van der Waals surface area (Å²) in [6.07, 6.45) is 4.39. The van der Waals surface area contributed by atoms with Gasteiger partial charge in [0.2, 0.25) is 11.8 Å². The lowest BCUT2D eigenvalue weighted by Gasteiger charge is -2.34. The molecular weight excluding hydrogens is 522 g/mol. The zero-order chi connectivity index (χ0) is 29.4. The van der Waals surface area contributed by atoms with Gasteiger partial charge in [-0.2, -0.15) is 0 Å². The van der Waals surface area contributed by atoms with Gasteiger partial charge in [0, 0.05) is 51.4 Å². The van der Waals surface area contributed by atoms with Crippen molar-refractivity contribution in [2.24, 2.45) is 5.73 Å². The van der Waals surface area contributed by atoms with Crippen LogP contribution >= 0.6 is 11.3 Å². The van der Waals surface area contributed by atoms with Crippen LogP contribution < -0.4 is 11.2 Å². The second-order valence-electron chi connectivity index (χ2n) is 11.1. The van der Waals surface area contributed by atoms with Crippen LogP contribution in [0, 0.1) is 0 Å². The van der Waals surface area contributed by atoms with Gasteiger partial charge >= 0.3 is 0 Å². The number of carbonyl (C=O) groups is 3. The highest BCUT2D eigenvalue weighted by atomic mass is 32.1. The first kappa shape index (κ1) is 31.0. The van der Waals surface area contributed by atoms with E-state index in [1.165, 1.54) is 27.2 Å². The zero-order valence-electron chi connectivity index (χ0n) is 24.3. The second kappa shape index (κ2) is 13.7. The molecule has 214 valence electrons. The molecule has 0 saturated heterocycles. The number of thiophene rings is 1. The summed E-state index contributed by atoms with van der Waals surface area (Å²) in [5, 5.41) is 5.66. The minimum atomic E-state index is -0.827. The van der Waals surface area contributed by atoms with E-state index in [4.69, 9.17) is 5.73 Å². The number of hydrogen-bond donors (Lipinski definition) is 2. The molecule has 9 heteroatoms. The van der Waals surface area contributed by atoms with E-state index in [1.54, 1.807) is 39.3 Å². The molecule has 40 heavy (non-hydrogen) atoms. The van der Waals surface area contributed by atoms with E-state index < -0.39 is 17.6 Å². The molecule has 0 radical (unpaired) electrons. The summed E-state index contributed by atoms with van der Waals surface area (Å²) in [6.45, 7) is 3.78. The van der Waals surface area contributed by atoms with Crippen molar-refractivity contribution in [1.82, 2.24) is 20.2 Å². The molecule has 0 saturated carbocycles. The minimum absolute atomic E-state index is 0.294. The largest absolute Gasteiger partial charge is 0.332 e. The number of carbonyl (C=O) groups excluding carboxylic acids is 3. The lowest BCUT2D eigenvalue weighted by atomic mass is 9.99. The predicted octanol–water partition coefficient (Wildman–Crippen LogP) is 3.62. The van der Waals surface area contributed by atoms with Crippen LogP contribution in [0.5, 0.6) is 0 Å². The molecule has 0 bridgehead atoms. The maximum atomic E-state index is 14.1. The maximum Gasteiger partial charge on any atom is 0.257 e. The molecule has 0 spiro atoms.